The number of hydrogen-bond donors (Lipinski definition) is 2. The molecule has 2 N–H and O–H groups in total. The number of fused-ring (bicyclic) bond motifs is 1. The van der Waals surface area contributed by atoms with Gasteiger partial charge in [0.1, 0.15) is 11.6 Å². The van der Waals surface area contributed by atoms with Crippen LogP contribution < -0.4 is 5.32 Å². The lowest BCUT2D eigenvalue weighted by atomic mass is 10.1. The summed E-state index contributed by atoms with van der Waals surface area (Å²) in [7, 11) is 0. The van der Waals surface area contributed by atoms with E-state index in [2.05, 4.69) is 15.3 Å². The second-order valence-corrected chi connectivity index (χ2v) is 5.21. The summed E-state index contributed by atoms with van der Waals surface area (Å²) >= 11 is 0. The summed E-state index contributed by atoms with van der Waals surface area (Å²) in [5.74, 6) is -0.0850. The third-order valence-electron chi connectivity index (χ3n) is 3.88. The zero-order valence-corrected chi connectivity index (χ0v) is 11.9. The van der Waals surface area contributed by atoms with E-state index in [0.29, 0.717) is 25.1 Å². The van der Waals surface area contributed by atoms with Crippen LogP contribution in [0.25, 0.3) is 11.0 Å². The number of rotatable bonds is 4. The Morgan fingerprint density at radius 1 is 1.52 bits per heavy atom. The Hall–Kier alpha value is -2.37. The molecule has 1 aromatic carbocycles. The first kappa shape index (κ1) is 13.6. The van der Waals surface area contributed by atoms with Crippen molar-refractivity contribution < 1.29 is 9.59 Å². The summed E-state index contributed by atoms with van der Waals surface area (Å²) in [4.78, 5) is 33.2. The lowest BCUT2D eigenvalue weighted by Crippen LogP contribution is -2.44. The maximum Gasteiger partial charge on any atom is 0.247 e. The SMILES string of the molecule is CC[C@@H](C(=O)Nc1cccc2[nH]cnc12)N1CCCC1=O. The Balaban J connectivity index is 1.81. The molecule has 1 aliphatic heterocycles. The number of aromatic nitrogens is 2. The summed E-state index contributed by atoms with van der Waals surface area (Å²) in [6.07, 6.45) is 3.58. The zero-order chi connectivity index (χ0) is 14.8. The van der Waals surface area contributed by atoms with Crippen LogP contribution >= 0.6 is 0 Å². The fourth-order valence-electron chi connectivity index (χ4n) is 2.83. The lowest BCUT2D eigenvalue weighted by molar-refractivity contribution is -0.135. The van der Waals surface area contributed by atoms with Gasteiger partial charge >= 0.3 is 0 Å². The van der Waals surface area contributed by atoms with Crippen molar-refractivity contribution in [3.63, 3.8) is 0 Å². The third-order valence-corrected chi connectivity index (χ3v) is 3.88. The molecule has 1 atom stereocenters. The van der Waals surface area contributed by atoms with Crippen LogP contribution in [-0.4, -0.2) is 39.3 Å². The molecule has 1 aromatic heterocycles. The van der Waals surface area contributed by atoms with Crippen LogP contribution in [0.2, 0.25) is 0 Å². The van der Waals surface area contributed by atoms with Gasteiger partial charge in [-0.2, -0.15) is 0 Å². The standard InChI is InChI=1S/C15H18N4O2/c1-2-12(19-8-4-7-13(19)20)15(21)18-11-6-3-5-10-14(11)17-9-16-10/h3,5-6,9,12H,2,4,7-8H2,1H3,(H,16,17)(H,18,21)/t12-/m0/s1. The second kappa shape index (κ2) is 5.55. The van der Waals surface area contributed by atoms with Gasteiger partial charge in [0.2, 0.25) is 11.8 Å². The summed E-state index contributed by atoms with van der Waals surface area (Å²) < 4.78 is 0. The highest BCUT2D eigenvalue weighted by Gasteiger charge is 2.31. The van der Waals surface area contributed by atoms with E-state index in [9.17, 15) is 9.59 Å². The molecule has 21 heavy (non-hydrogen) atoms. The molecule has 0 radical (unpaired) electrons. The number of para-hydroxylation sites is 1. The smallest absolute Gasteiger partial charge is 0.247 e. The van der Waals surface area contributed by atoms with Gasteiger partial charge < -0.3 is 15.2 Å². The van der Waals surface area contributed by atoms with Gasteiger partial charge in [-0.15, -0.1) is 0 Å². The molecule has 2 heterocycles. The second-order valence-electron chi connectivity index (χ2n) is 5.21. The van der Waals surface area contributed by atoms with Crippen LogP contribution in [-0.2, 0) is 9.59 Å². The molecule has 110 valence electrons. The van der Waals surface area contributed by atoms with Crippen molar-refractivity contribution in [1.29, 1.82) is 0 Å². The first-order valence-corrected chi connectivity index (χ1v) is 7.23. The number of aromatic amines is 1. The molecule has 0 bridgehead atoms. The van der Waals surface area contributed by atoms with Gasteiger partial charge in [0, 0.05) is 13.0 Å². The van der Waals surface area contributed by atoms with Crippen LogP contribution in [0.3, 0.4) is 0 Å². The number of carbonyl (C=O) groups is 2. The number of nitrogens with zero attached hydrogens (tertiary/aromatic N) is 2. The number of anilines is 1. The van der Waals surface area contributed by atoms with E-state index < -0.39 is 6.04 Å². The maximum atomic E-state index is 12.5. The van der Waals surface area contributed by atoms with Crippen LogP contribution in [0.4, 0.5) is 5.69 Å². The number of amides is 2. The molecular formula is C15H18N4O2. The molecule has 0 saturated carbocycles. The number of nitrogens with one attached hydrogen (secondary N) is 2. The number of H-pyrrole nitrogens is 1. The Morgan fingerprint density at radius 3 is 3.10 bits per heavy atom. The van der Waals surface area contributed by atoms with Crippen LogP contribution in [0.1, 0.15) is 26.2 Å². The quantitative estimate of drug-likeness (QED) is 0.901. The Kier molecular flexibility index (Phi) is 3.60. The largest absolute Gasteiger partial charge is 0.345 e. The van der Waals surface area contributed by atoms with E-state index in [4.69, 9.17) is 0 Å². The number of benzene rings is 1. The van der Waals surface area contributed by atoms with Gasteiger partial charge in [-0.1, -0.05) is 13.0 Å². The Morgan fingerprint density at radius 2 is 2.38 bits per heavy atom. The fourth-order valence-corrected chi connectivity index (χ4v) is 2.83. The minimum atomic E-state index is -0.408. The molecule has 1 saturated heterocycles. The van der Waals surface area contributed by atoms with Crippen molar-refractivity contribution in [2.75, 3.05) is 11.9 Å². The average molecular weight is 286 g/mol. The van der Waals surface area contributed by atoms with E-state index in [-0.39, 0.29) is 11.8 Å². The molecule has 2 aromatic rings. The average Bonchev–Trinajstić information content (AvgIpc) is 3.10. The van der Waals surface area contributed by atoms with Gasteiger partial charge in [-0.25, -0.2) is 4.98 Å². The predicted octanol–water partition coefficient (Wildman–Crippen LogP) is 1.90. The van der Waals surface area contributed by atoms with E-state index in [0.717, 1.165) is 17.5 Å². The van der Waals surface area contributed by atoms with Crippen molar-refractivity contribution >= 4 is 28.5 Å². The number of imidazole rings is 1. The van der Waals surface area contributed by atoms with Crippen LogP contribution in [0.15, 0.2) is 24.5 Å². The van der Waals surface area contributed by atoms with Gasteiger partial charge in [0.05, 0.1) is 17.5 Å². The minimum Gasteiger partial charge on any atom is -0.345 e. The third kappa shape index (κ3) is 2.49. The van der Waals surface area contributed by atoms with Gasteiger partial charge in [-0.3, -0.25) is 9.59 Å². The van der Waals surface area contributed by atoms with Crippen LogP contribution in [0.5, 0.6) is 0 Å². The molecule has 1 aliphatic rings. The highest BCUT2D eigenvalue weighted by molar-refractivity contribution is 6.02. The topological polar surface area (TPSA) is 78.1 Å². The minimum absolute atomic E-state index is 0.0648. The van der Waals surface area contributed by atoms with Gasteiger partial charge in [0.25, 0.3) is 0 Å². The molecule has 6 nitrogen and oxygen atoms in total. The Bertz CT molecular complexity index is 679. The lowest BCUT2D eigenvalue weighted by Gasteiger charge is -2.25. The van der Waals surface area contributed by atoms with Crippen molar-refractivity contribution in [3.05, 3.63) is 24.5 Å². The van der Waals surface area contributed by atoms with Gasteiger partial charge in [-0.05, 0) is 25.0 Å². The Labute approximate surface area is 122 Å². The fraction of sp³-hybridized carbons (Fsp3) is 0.400. The monoisotopic (exact) mass is 286 g/mol. The van der Waals surface area contributed by atoms with E-state index in [1.54, 1.807) is 11.2 Å². The summed E-state index contributed by atoms with van der Waals surface area (Å²) in [5, 5.41) is 2.90. The van der Waals surface area contributed by atoms with Crippen molar-refractivity contribution in [2.45, 2.75) is 32.2 Å². The molecular weight excluding hydrogens is 268 g/mol. The highest BCUT2D eigenvalue weighted by atomic mass is 16.2. The van der Waals surface area contributed by atoms with E-state index in [1.807, 2.05) is 25.1 Å². The first-order chi connectivity index (χ1) is 10.2. The van der Waals surface area contributed by atoms with E-state index in [1.165, 1.54) is 0 Å². The summed E-state index contributed by atoms with van der Waals surface area (Å²) in [6, 6.07) is 5.17. The van der Waals surface area contributed by atoms with Crippen LogP contribution in [0, 0.1) is 0 Å². The van der Waals surface area contributed by atoms with E-state index >= 15 is 0 Å². The first-order valence-electron chi connectivity index (χ1n) is 7.23. The molecule has 1 fully saturated rings. The molecule has 0 aliphatic carbocycles. The highest BCUT2D eigenvalue weighted by Crippen LogP contribution is 2.22. The maximum absolute atomic E-state index is 12.5. The normalized spacial score (nSPS) is 16.4. The predicted molar refractivity (Wildman–Crippen MR) is 79.7 cm³/mol. The van der Waals surface area contributed by atoms with Crippen molar-refractivity contribution in [1.82, 2.24) is 14.9 Å². The van der Waals surface area contributed by atoms with Crippen molar-refractivity contribution in [3.8, 4) is 0 Å². The molecule has 3 rings (SSSR count). The summed E-state index contributed by atoms with van der Waals surface area (Å²) in [5.41, 5.74) is 2.27. The summed E-state index contributed by atoms with van der Waals surface area (Å²) in [6.45, 7) is 2.59. The zero-order valence-electron chi connectivity index (χ0n) is 11.9. The number of carbonyl (C=O) groups excluding carboxylic acids is 2. The molecule has 6 heteroatoms. The number of hydrogen-bond acceptors (Lipinski definition) is 3. The van der Waals surface area contributed by atoms with Gasteiger partial charge in [0.15, 0.2) is 0 Å². The van der Waals surface area contributed by atoms with Crippen molar-refractivity contribution in [2.24, 2.45) is 0 Å². The number of likely N-dealkylation sites (tertiary alicyclic amines) is 1. The molecule has 0 unspecified atom stereocenters. The molecule has 2 amide bonds. The molecule has 0 spiro atoms.